The van der Waals surface area contributed by atoms with Gasteiger partial charge < -0.3 is 10.6 Å². The first-order valence-corrected chi connectivity index (χ1v) is 5.82. The third kappa shape index (κ3) is 2.16. The minimum Gasteiger partial charge on any atom is -0.367 e. The Morgan fingerprint density at radius 2 is 2.20 bits per heavy atom. The van der Waals surface area contributed by atoms with Gasteiger partial charge in [-0.2, -0.15) is 0 Å². The number of alkyl halides is 1. The van der Waals surface area contributed by atoms with Gasteiger partial charge in [0.1, 0.15) is 5.67 Å². The maximum absolute atomic E-state index is 13.9. The first-order chi connectivity index (χ1) is 7.14. The van der Waals surface area contributed by atoms with Crippen LogP contribution < -0.4 is 10.6 Å². The van der Waals surface area contributed by atoms with Gasteiger partial charge in [-0.1, -0.05) is 12.1 Å². The molecule has 0 aromatic heterocycles. The van der Waals surface area contributed by atoms with E-state index in [1.165, 1.54) is 0 Å². The van der Waals surface area contributed by atoms with Crippen LogP contribution in [0.2, 0.25) is 0 Å². The zero-order chi connectivity index (χ0) is 10.9. The van der Waals surface area contributed by atoms with Crippen molar-refractivity contribution in [1.29, 1.82) is 0 Å². The third-order valence-electron chi connectivity index (χ3n) is 2.86. The largest absolute Gasteiger partial charge is 0.367 e. The molecule has 1 saturated heterocycles. The summed E-state index contributed by atoms with van der Waals surface area (Å²) in [7, 11) is 0. The highest BCUT2D eigenvalue weighted by molar-refractivity contribution is 9.10. The van der Waals surface area contributed by atoms with Crippen molar-refractivity contribution in [2.24, 2.45) is 5.73 Å². The zero-order valence-electron chi connectivity index (χ0n) is 8.42. The maximum atomic E-state index is 13.9. The molecule has 2 N–H and O–H groups in total. The van der Waals surface area contributed by atoms with Gasteiger partial charge in [-0.05, 0) is 28.1 Å². The van der Waals surface area contributed by atoms with E-state index in [1.807, 2.05) is 29.2 Å². The molecule has 15 heavy (non-hydrogen) atoms. The van der Waals surface area contributed by atoms with Gasteiger partial charge in [0.15, 0.2) is 0 Å². The van der Waals surface area contributed by atoms with Crippen molar-refractivity contribution in [2.75, 3.05) is 24.5 Å². The Hall–Kier alpha value is -0.610. The van der Waals surface area contributed by atoms with Crippen LogP contribution in [-0.2, 0) is 0 Å². The molecule has 1 aromatic carbocycles. The Morgan fingerprint density at radius 3 is 2.80 bits per heavy atom. The summed E-state index contributed by atoms with van der Waals surface area (Å²) in [4.78, 5) is 2.04. The van der Waals surface area contributed by atoms with E-state index in [0.717, 1.165) is 16.7 Å². The van der Waals surface area contributed by atoms with Gasteiger partial charge in [0.2, 0.25) is 0 Å². The van der Waals surface area contributed by atoms with Crippen molar-refractivity contribution in [3.05, 3.63) is 28.7 Å². The summed E-state index contributed by atoms with van der Waals surface area (Å²) in [6.45, 7) is 1.23. The highest BCUT2D eigenvalue weighted by Gasteiger charge is 2.37. The lowest BCUT2D eigenvalue weighted by Crippen LogP contribution is -2.36. The molecular weight excluding hydrogens is 259 g/mol. The van der Waals surface area contributed by atoms with Gasteiger partial charge in [-0.25, -0.2) is 4.39 Å². The average Bonchev–Trinajstić information content (AvgIpc) is 2.63. The molecule has 2 nitrogen and oxygen atoms in total. The topological polar surface area (TPSA) is 29.3 Å². The number of nitrogens with two attached hydrogens (primary N) is 1. The van der Waals surface area contributed by atoms with Crippen molar-refractivity contribution in [2.45, 2.75) is 12.1 Å². The summed E-state index contributed by atoms with van der Waals surface area (Å²) in [6.07, 6.45) is 0.519. The van der Waals surface area contributed by atoms with Crippen LogP contribution in [0.25, 0.3) is 0 Å². The lowest BCUT2D eigenvalue weighted by Gasteiger charge is -2.22. The monoisotopic (exact) mass is 272 g/mol. The number of nitrogens with zero attached hydrogens (tertiary/aromatic N) is 1. The molecule has 2 rings (SSSR count). The number of halogens is 2. The molecule has 1 fully saturated rings. The lowest BCUT2D eigenvalue weighted by atomic mass is 10.1. The van der Waals surface area contributed by atoms with Crippen LogP contribution in [0.3, 0.4) is 0 Å². The van der Waals surface area contributed by atoms with E-state index in [1.54, 1.807) is 0 Å². The van der Waals surface area contributed by atoms with Crippen molar-refractivity contribution < 1.29 is 4.39 Å². The quantitative estimate of drug-likeness (QED) is 0.896. The van der Waals surface area contributed by atoms with E-state index in [2.05, 4.69) is 15.9 Å². The normalized spacial score (nSPS) is 25.9. The summed E-state index contributed by atoms with van der Waals surface area (Å²) in [5.74, 6) is 0. The van der Waals surface area contributed by atoms with Gasteiger partial charge >= 0.3 is 0 Å². The highest BCUT2D eigenvalue weighted by atomic mass is 79.9. The molecule has 1 heterocycles. The number of rotatable bonds is 2. The van der Waals surface area contributed by atoms with Crippen molar-refractivity contribution >= 4 is 21.6 Å². The molecule has 1 atom stereocenters. The Labute approximate surface area is 97.4 Å². The summed E-state index contributed by atoms with van der Waals surface area (Å²) < 4.78 is 14.9. The van der Waals surface area contributed by atoms with Crippen LogP contribution in [-0.4, -0.2) is 25.3 Å². The van der Waals surface area contributed by atoms with Crippen molar-refractivity contribution in [3.8, 4) is 0 Å². The zero-order valence-corrected chi connectivity index (χ0v) is 10.0. The van der Waals surface area contributed by atoms with Crippen LogP contribution >= 0.6 is 15.9 Å². The molecule has 82 valence electrons. The summed E-state index contributed by atoms with van der Waals surface area (Å²) in [5, 5.41) is 0. The van der Waals surface area contributed by atoms with Crippen LogP contribution in [0.4, 0.5) is 10.1 Å². The molecule has 0 aliphatic carbocycles. The van der Waals surface area contributed by atoms with E-state index in [4.69, 9.17) is 5.73 Å². The predicted molar refractivity (Wildman–Crippen MR) is 63.9 cm³/mol. The average molecular weight is 273 g/mol. The molecule has 4 heteroatoms. The standard InChI is InChI=1S/C11H14BrFN2/c12-9-3-1-2-4-10(9)15-6-5-11(13,7-14)8-15/h1-4H,5-8,14H2. The molecule has 0 saturated carbocycles. The second-order valence-electron chi connectivity index (χ2n) is 3.98. The van der Waals surface area contributed by atoms with Gasteiger partial charge in [-0.15, -0.1) is 0 Å². The molecule has 0 bridgehead atoms. The van der Waals surface area contributed by atoms with E-state index in [9.17, 15) is 4.39 Å². The summed E-state index contributed by atoms with van der Waals surface area (Å²) in [6, 6.07) is 7.87. The molecule has 0 amide bonds. The third-order valence-corrected chi connectivity index (χ3v) is 3.53. The Kier molecular flexibility index (Phi) is 2.98. The van der Waals surface area contributed by atoms with Gasteiger partial charge in [0.05, 0.1) is 12.2 Å². The molecule has 1 aliphatic rings. The number of hydrogen-bond donors (Lipinski definition) is 1. The van der Waals surface area contributed by atoms with Gasteiger partial charge in [0.25, 0.3) is 0 Å². The first kappa shape index (κ1) is 10.9. The molecule has 1 aliphatic heterocycles. The maximum Gasteiger partial charge on any atom is 0.142 e. The second-order valence-corrected chi connectivity index (χ2v) is 4.83. The van der Waals surface area contributed by atoms with Gasteiger partial charge in [-0.3, -0.25) is 0 Å². The van der Waals surface area contributed by atoms with Crippen molar-refractivity contribution in [3.63, 3.8) is 0 Å². The number of anilines is 1. The number of para-hydroxylation sites is 1. The van der Waals surface area contributed by atoms with E-state index >= 15 is 0 Å². The lowest BCUT2D eigenvalue weighted by molar-refractivity contribution is 0.204. The molecule has 1 unspecified atom stereocenters. The van der Waals surface area contributed by atoms with Crippen LogP contribution in [0.15, 0.2) is 28.7 Å². The molecule has 1 aromatic rings. The fraction of sp³-hybridized carbons (Fsp3) is 0.455. The smallest absolute Gasteiger partial charge is 0.142 e. The fourth-order valence-electron chi connectivity index (χ4n) is 1.92. The van der Waals surface area contributed by atoms with E-state index < -0.39 is 5.67 Å². The Balaban J connectivity index is 2.18. The minimum absolute atomic E-state index is 0.105. The van der Waals surface area contributed by atoms with E-state index in [-0.39, 0.29) is 6.54 Å². The second kappa shape index (κ2) is 4.10. The Morgan fingerprint density at radius 1 is 1.47 bits per heavy atom. The minimum atomic E-state index is -1.21. The first-order valence-electron chi connectivity index (χ1n) is 5.03. The van der Waals surface area contributed by atoms with Crippen LogP contribution in [0.5, 0.6) is 0 Å². The molecule has 0 radical (unpaired) electrons. The SMILES string of the molecule is NCC1(F)CCN(c2ccccc2Br)C1. The fourth-order valence-corrected chi connectivity index (χ4v) is 2.45. The predicted octanol–water partition coefficient (Wildman–Crippen LogP) is 2.33. The van der Waals surface area contributed by atoms with Crippen LogP contribution in [0, 0.1) is 0 Å². The van der Waals surface area contributed by atoms with Crippen LogP contribution in [0.1, 0.15) is 6.42 Å². The summed E-state index contributed by atoms with van der Waals surface area (Å²) >= 11 is 3.47. The van der Waals surface area contributed by atoms with Gasteiger partial charge in [0, 0.05) is 24.0 Å². The highest BCUT2D eigenvalue weighted by Crippen LogP contribution is 2.33. The molecule has 0 spiro atoms. The number of hydrogen-bond acceptors (Lipinski definition) is 2. The summed E-state index contributed by atoms with van der Waals surface area (Å²) in [5.41, 5.74) is 5.27. The number of benzene rings is 1. The van der Waals surface area contributed by atoms with E-state index in [0.29, 0.717) is 13.0 Å². The molecular formula is C11H14BrFN2. The van der Waals surface area contributed by atoms with Crippen molar-refractivity contribution in [1.82, 2.24) is 0 Å². The Bertz CT molecular complexity index is 358.